The third kappa shape index (κ3) is 5.61. The van der Waals surface area contributed by atoms with Crippen molar-refractivity contribution < 1.29 is 53.9 Å². The molecular weight excluding hydrogens is 531 g/mol. The number of thiazole rings is 2. The maximum absolute atomic E-state index is 12.8. The van der Waals surface area contributed by atoms with Gasteiger partial charge in [0.1, 0.15) is 24.2 Å². The number of β-lactam (4-membered cyclic amide) rings is 1. The first-order valence-electron chi connectivity index (χ1n) is 9.43. The molecule has 0 radical (unpaired) electrons. The fourth-order valence-corrected chi connectivity index (χ4v) is 6.98. The minimum atomic E-state index is -1.42. The largest absolute Gasteiger partial charge is 1.00 e. The van der Waals surface area contributed by atoms with E-state index in [4.69, 9.17) is 10.6 Å². The van der Waals surface area contributed by atoms with E-state index in [1.165, 1.54) is 46.9 Å². The van der Waals surface area contributed by atoms with Crippen LogP contribution in [0.5, 0.6) is 0 Å². The number of hydrogen-bond acceptors (Lipinski definition) is 13. The third-order valence-electron chi connectivity index (χ3n) is 4.69. The van der Waals surface area contributed by atoms with Crippen LogP contribution >= 0.6 is 46.2 Å². The Morgan fingerprint density at radius 1 is 1.44 bits per heavy atom. The van der Waals surface area contributed by atoms with Gasteiger partial charge in [-0.15, -0.1) is 46.2 Å². The third-order valence-corrected chi connectivity index (χ3v) is 8.56. The fraction of sp³-hybridized carbons (Fsp3) is 0.333. The molecule has 0 aliphatic carbocycles. The normalized spacial score (nSPS) is 19.7. The second-order valence-corrected chi connectivity index (χ2v) is 10.6. The summed E-state index contributed by atoms with van der Waals surface area (Å²) in [5, 5.41) is 21.3. The Kier molecular flexibility index (Phi) is 9.42. The molecule has 0 spiro atoms. The Morgan fingerprint density at radius 3 is 2.85 bits per heavy atom. The Bertz CT molecular complexity index is 1140. The molecule has 1 saturated heterocycles. The van der Waals surface area contributed by atoms with E-state index in [1.54, 1.807) is 10.9 Å². The fourth-order valence-electron chi connectivity index (χ4n) is 3.23. The number of aromatic nitrogens is 2. The summed E-state index contributed by atoms with van der Waals surface area (Å²) in [6, 6.07) is -0.920. The summed E-state index contributed by atoms with van der Waals surface area (Å²) in [5.74, 6) is -1.63. The summed E-state index contributed by atoms with van der Waals surface area (Å²) in [5.41, 5.74) is 8.24. The van der Waals surface area contributed by atoms with Crippen LogP contribution in [-0.4, -0.2) is 68.4 Å². The molecular formula is C18H17N6NaO5S4. The van der Waals surface area contributed by atoms with E-state index in [0.29, 0.717) is 22.8 Å². The van der Waals surface area contributed by atoms with Gasteiger partial charge in [-0.05, 0) is 6.42 Å². The van der Waals surface area contributed by atoms with Gasteiger partial charge in [-0.25, -0.2) is 9.97 Å². The monoisotopic (exact) mass is 548 g/mol. The van der Waals surface area contributed by atoms with Gasteiger partial charge in [-0.2, -0.15) is 0 Å². The molecule has 2 atom stereocenters. The van der Waals surface area contributed by atoms with Crippen molar-refractivity contribution in [3.8, 4) is 0 Å². The van der Waals surface area contributed by atoms with Crippen molar-refractivity contribution in [2.45, 2.75) is 17.8 Å². The summed E-state index contributed by atoms with van der Waals surface area (Å²) < 4.78 is 0. The zero-order chi connectivity index (χ0) is 23.5. The van der Waals surface area contributed by atoms with Gasteiger partial charge in [0, 0.05) is 27.2 Å². The first-order chi connectivity index (χ1) is 15.9. The van der Waals surface area contributed by atoms with Gasteiger partial charge in [0.25, 0.3) is 11.8 Å². The van der Waals surface area contributed by atoms with Crippen molar-refractivity contribution >= 4 is 74.8 Å². The molecule has 0 bridgehead atoms. The van der Waals surface area contributed by atoms with Crippen molar-refractivity contribution in [1.82, 2.24) is 20.2 Å². The first kappa shape index (κ1) is 27.0. The van der Waals surface area contributed by atoms with Crippen LogP contribution in [0.3, 0.4) is 0 Å². The number of rotatable bonds is 9. The van der Waals surface area contributed by atoms with Gasteiger partial charge in [-0.1, -0.05) is 5.16 Å². The van der Waals surface area contributed by atoms with Gasteiger partial charge >= 0.3 is 29.6 Å². The number of nitrogens with two attached hydrogens (primary N) is 1. The van der Waals surface area contributed by atoms with Gasteiger partial charge in [0.05, 0.1) is 22.9 Å². The van der Waals surface area contributed by atoms with Crippen molar-refractivity contribution in [1.29, 1.82) is 0 Å². The molecule has 2 aliphatic rings. The summed E-state index contributed by atoms with van der Waals surface area (Å²) in [6.07, 6.45) is 0.682. The van der Waals surface area contributed by atoms with E-state index in [2.05, 4.69) is 20.4 Å². The minimum Gasteiger partial charge on any atom is -0.543 e. The number of thioether (sulfide) groups is 2. The van der Waals surface area contributed by atoms with Crippen LogP contribution in [0.4, 0.5) is 5.13 Å². The number of carboxylic acid groups (broad SMARTS) is 1. The average Bonchev–Trinajstić information content (AvgIpc) is 3.46. The molecule has 0 aromatic carbocycles. The SMILES string of the molecule is CO/N=C(\C(=O)N[C@@H]1C(=O)N2C(C(=O)[O-])=C(SCCc3cscn3)CS[C@H]12)c1csc(N)n1.[Na+]. The molecule has 34 heavy (non-hydrogen) atoms. The van der Waals surface area contributed by atoms with Crippen molar-refractivity contribution in [2.75, 3.05) is 24.3 Å². The number of nitrogen functional groups attached to an aromatic ring is 1. The van der Waals surface area contributed by atoms with Crippen LogP contribution < -0.4 is 45.7 Å². The molecule has 0 unspecified atom stereocenters. The maximum Gasteiger partial charge on any atom is 1.00 e. The van der Waals surface area contributed by atoms with Crippen LogP contribution in [0.2, 0.25) is 0 Å². The Hall–Kier alpha value is -1.62. The standard InChI is InChI=1S/C18H18N6O5S4.Na/c1-29-23-11(9-5-33-18(19)21-9)14(25)22-12-15(26)24-13(17(27)28)10(6-32-16(12)24)31-3-2-8-4-30-7-20-8;/h4-5,7,12,16H,2-3,6H2,1H3,(H2,19,21)(H,22,25)(H,27,28);/q;+1/p-1/b23-11-;/t12-,16-;/m1./s1. The predicted octanol–water partition coefficient (Wildman–Crippen LogP) is -3.13. The maximum atomic E-state index is 12.8. The Morgan fingerprint density at radius 2 is 2.24 bits per heavy atom. The van der Waals surface area contributed by atoms with Gasteiger partial charge in [0.15, 0.2) is 10.8 Å². The number of oxime groups is 1. The zero-order valence-electron chi connectivity index (χ0n) is 18.0. The molecule has 2 aromatic heterocycles. The number of aliphatic carboxylic acids is 1. The number of carboxylic acids is 1. The van der Waals surface area contributed by atoms with E-state index in [0.717, 1.165) is 17.0 Å². The van der Waals surface area contributed by atoms with Crippen LogP contribution in [0, 0.1) is 0 Å². The van der Waals surface area contributed by atoms with E-state index < -0.39 is 29.2 Å². The number of hydrogen-bond donors (Lipinski definition) is 2. The van der Waals surface area contributed by atoms with E-state index in [1.807, 2.05) is 5.38 Å². The number of anilines is 1. The number of amides is 2. The van der Waals surface area contributed by atoms with Crippen LogP contribution in [0.15, 0.2) is 32.0 Å². The van der Waals surface area contributed by atoms with E-state index in [9.17, 15) is 19.5 Å². The van der Waals surface area contributed by atoms with Gasteiger partial charge < -0.3 is 25.8 Å². The van der Waals surface area contributed by atoms with Gasteiger partial charge in [-0.3, -0.25) is 14.5 Å². The predicted molar refractivity (Wildman–Crippen MR) is 125 cm³/mol. The van der Waals surface area contributed by atoms with Crippen molar-refractivity contribution in [3.63, 3.8) is 0 Å². The Balaban J connectivity index is 0.00000324. The van der Waals surface area contributed by atoms with E-state index in [-0.39, 0.29) is 51.8 Å². The molecule has 2 amide bonds. The molecule has 2 aliphatic heterocycles. The quantitative estimate of drug-likeness (QED) is 0.142. The second-order valence-electron chi connectivity index (χ2n) is 6.69. The summed E-state index contributed by atoms with van der Waals surface area (Å²) >= 11 is 5.36. The van der Waals surface area contributed by atoms with Crippen molar-refractivity contribution in [2.24, 2.45) is 5.16 Å². The summed E-state index contributed by atoms with van der Waals surface area (Å²) in [4.78, 5) is 52.2. The van der Waals surface area contributed by atoms with Crippen LogP contribution in [0.25, 0.3) is 0 Å². The molecule has 2 aromatic rings. The van der Waals surface area contributed by atoms with Crippen LogP contribution in [-0.2, 0) is 25.6 Å². The molecule has 4 rings (SSSR count). The molecule has 3 N–H and O–H groups in total. The average molecular weight is 549 g/mol. The number of fused-ring (bicyclic) bond motifs is 1. The molecule has 16 heteroatoms. The number of carbonyl (C=O) groups is 3. The number of nitrogens with one attached hydrogen (secondary N) is 1. The molecule has 0 saturated carbocycles. The topological polar surface area (TPSA) is 163 Å². The van der Waals surface area contributed by atoms with Gasteiger partial charge in [0.2, 0.25) is 0 Å². The minimum absolute atomic E-state index is 0. The van der Waals surface area contributed by atoms with E-state index >= 15 is 0 Å². The smallest absolute Gasteiger partial charge is 0.543 e. The Labute approximate surface area is 232 Å². The molecule has 174 valence electrons. The summed E-state index contributed by atoms with van der Waals surface area (Å²) in [7, 11) is 1.28. The number of aryl methyl sites for hydroxylation is 1. The van der Waals surface area contributed by atoms with Crippen LogP contribution in [0.1, 0.15) is 11.4 Å². The van der Waals surface area contributed by atoms with Crippen molar-refractivity contribution in [3.05, 3.63) is 38.3 Å². The molecule has 1 fully saturated rings. The first-order valence-corrected chi connectivity index (χ1v) is 13.3. The number of nitrogens with zero attached hydrogens (tertiary/aromatic N) is 4. The number of carbonyl (C=O) groups excluding carboxylic acids is 3. The molecule has 11 nitrogen and oxygen atoms in total. The summed E-state index contributed by atoms with van der Waals surface area (Å²) in [6.45, 7) is 0. The molecule has 4 heterocycles. The second kappa shape index (κ2) is 11.9. The zero-order valence-corrected chi connectivity index (χ0v) is 23.3.